The summed E-state index contributed by atoms with van der Waals surface area (Å²) in [4.78, 5) is 2.35. The van der Waals surface area contributed by atoms with Gasteiger partial charge in [0.15, 0.2) is 0 Å². The van der Waals surface area contributed by atoms with Crippen molar-refractivity contribution in [2.45, 2.75) is 13.1 Å². The van der Waals surface area contributed by atoms with Crippen LogP contribution in [0.4, 0.5) is 11.4 Å². The maximum absolute atomic E-state index is 13.0. The molecule has 146 valence electrons. The minimum Gasteiger partial charge on any atom is -0.369 e. The van der Waals surface area contributed by atoms with E-state index in [4.69, 9.17) is 0 Å². The number of nitrogens with one attached hydrogen (secondary N) is 1. The number of hydrogen-bond donors (Lipinski definition) is 1. The third-order valence-electron chi connectivity index (χ3n) is 5.08. The number of halogens is 1. The van der Waals surface area contributed by atoms with Gasteiger partial charge in [0.2, 0.25) is 0 Å². The smallest absolute Gasteiger partial charge is 0.304 e. The van der Waals surface area contributed by atoms with Gasteiger partial charge in [-0.1, -0.05) is 36.4 Å². The van der Waals surface area contributed by atoms with Crippen molar-refractivity contribution in [2.24, 2.45) is 0 Å². The summed E-state index contributed by atoms with van der Waals surface area (Å²) in [5, 5.41) is 3.37. The highest BCUT2D eigenvalue weighted by Gasteiger charge is 2.36. The Labute approximate surface area is 167 Å². The van der Waals surface area contributed by atoms with Gasteiger partial charge >= 0.3 is 10.2 Å². The van der Waals surface area contributed by atoms with Gasteiger partial charge in [-0.15, -0.1) is 12.4 Å². The number of fused-ring (bicyclic) bond motifs is 1. The summed E-state index contributed by atoms with van der Waals surface area (Å²) in [5.74, 6) is 0. The molecule has 1 saturated heterocycles. The molecule has 0 amide bonds. The molecule has 2 aliphatic heterocycles. The van der Waals surface area contributed by atoms with Crippen LogP contribution in [0.1, 0.15) is 11.1 Å². The summed E-state index contributed by atoms with van der Waals surface area (Å²) in [6.07, 6.45) is 0. The molecule has 0 spiro atoms. The van der Waals surface area contributed by atoms with Crippen LogP contribution in [-0.4, -0.2) is 45.9 Å². The Kier molecular flexibility index (Phi) is 5.95. The molecule has 27 heavy (non-hydrogen) atoms. The van der Waals surface area contributed by atoms with E-state index in [0.29, 0.717) is 13.1 Å². The molecule has 0 aliphatic carbocycles. The minimum atomic E-state index is -3.53. The summed E-state index contributed by atoms with van der Waals surface area (Å²) in [6, 6.07) is 15.7. The Balaban J connectivity index is 0.00000210. The van der Waals surface area contributed by atoms with Crippen molar-refractivity contribution in [1.82, 2.24) is 9.62 Å². The van der Waals surface area contributed by atoms with E-state index in [1.165, 1.54) is 8.61 Å². The van der Waals surface area contributed by atoms with Crippen molar-refractivity contribution in [3.8, 4) is 0 Å². The number of benzene rings is 2. The molecule has 2 aliphatic rings. The predicted molar refractivity (Wildman–Crippen MR) is 112 cm³/mol. The van der Waals surface area contributed by atoms with Crippen molar-refractivity contribution < 1.29 is 8.42 Å². The first-order valence-corrected chi connectivity index (χ1v) is 10.3. The van der Waals surface area contributed by atoms with Crippen LogP contribution >= 0.6 is 12.4 Å². The Hall–Kier alpha value is -1.80. The fraction of sp³-hybridized carbons (Fsp3) is 0.368. The second kappa shape index (κ2) is 8.06. The van der Waals surface area contributed by atoms with Crippen LogP contribution in [0.5, 0.6) is 0 Å². The van der Waals surface area contributed by atoms with Gasteiger partial charge in [-0.25, -0.2) is 0 Å². The second-order valence-electron chi connectivity index (χ2n) is 6.77. The van der Waals surface area contributed by atoms with E-state index in [0.717, 1.165) is 48.7 Å². The molecule has 0 aromatic heterocycles. The van der Waals surface area contributed by atoms with Gasteiger partial charge in [0.05, 0.1) is 12.2 Å². The van der Waals surface area contributed by atoms with Gasteiger partial charge in [-0.2, -0.15) is 12.7 Å². The van der Waals surface area contributed by atoms with E-state index < -0.39 is 10.2 Å². The number of piperazine rings is 1. The lowest BCUT2D eigenvalue weighted by Gasteiger charge is -2.39. The Bertz CT molecular complexity index is 886. The summed E-state index contributed by atoms with van der Waals surface area (Å²) >= 11 is 0. The lowest BCUT2D eigenvalue weighted by atomic mass is 10.1. The van der Waals surface area contributed by atoms with E-state index in [1.807, 2.05) is 42.5 Å². The van der Waals surface area contributed by atoms with Crippen LogP contribution < -0.4 is 14.5 Å². The molecule has 2 aromatic rings. The van der Waals surface area contributed by atoms with Crippen molar-refractivity contribution in [2.75, 3.05) is 42.4 Å². The van der Waals surface area contributed by atoms with Crippen LogP contribution in [0, 0.1) is 0 Å². The standard InChI is InChI=1S/C19H24N4O2S.ClH/c1-21-15-17-18(22-12-10-20-11-13-22)8-5-9-19(17)23(26(21,24)25)14-16-6-3-2-4-7-16;/h2-9,20H,10-15H2,1H3;1H. The van der Waals surface area contributed by atoms with Gasteiger partial charge in [0.1, 0.15) is 0 Å². The first kappa shape index (κ1) is 19.9. The Morgan fingerprint density at radius 2 is 1.63 bits per heavy atom. The van der Waals surface area contributed by atoms with E-state index >= 15 is 0 Å². The highest BCUT2D eigenvalue weighted by molar-refractivity contribution is 7.90. The van der Waals surface area contributed by atoms with Gasteiger partial charge in [-0.05, 0) is 17.7 Å². The van der Waals surface area contributed by atoms with E-state index in [-0.39, 0.29) is 12.4 Å². The predicted octanol–water partition coefficient (Wildman–Crippen LogP) is 2.21. The molecule has 0 atom stereocenters. The molecular formula is C19H25ClN4O2S. The Morgan fingerprint density at radius 3 is 2.33 bits per heavy atom. The van der Waals surface area contributed by atoms with Gasteiger partial charge in [0.25, 0.3) is 0 Å². The summed E-state index contributed by atoms with van der Waals surface area (Å²) in [7, 11) is -1.87. The maximum atomic E-state index is 13.0. The van der Waals surface area contributed by atoms with E-state index in [2.05, 4.69) is 16.3 Å². The average molecular weight is 409 g/mol. The number of hydrogen-bond acceptors (Lipinski definition) is 4. The molecule has 1 N–H and O–H groups in total. The third kappa shape index (κ3) is 3.78. The molecule has 1 fully saturated rings. The average Bonchev–Trinajstić information content (AvgIpc) is 2.67. The van der Waals surface area contributed by atoms with Crippen molar-refractivity contribution >= 4 is 34.0 Å². The van der Waals surface area contributed by atoms with Crippen LogP contribution in [0.3, 0.4) is 0 Å². The molecule has 0 saturated carbocycles. The lowest BCUT2D eigenvalue weighted by molar-refractivity contribution is 0.453. The normalized spacial score (nSPS) is 19.3. The fourth-order valence-corrected chi connectivity index (χ4v) is 5.03. The molecular weight excluding hydrogens is 384 g/mol. The highest BCUT2D eigenvalue weighted by atomic mass is 35.5. The van der Waals surface area contributed by atoms with Crippen LogP contribution in [-0.2, 0) is 23.3 Å². The summed E-state index contributed by atoms with van der Waals surface area (Å²) in [5.41, 5.74) is 4.00. The zero-order valence-electron chi connectivity index (χ0n) is 15.3. The number of anilines is 2. The lowest BCUT2D eigenvalue weighted by Crippen LogP contribution is -2.47. The molecule has 0 radical (unpaired) electrons. The van der Waals surface area contributed by atoms with Crippen LogP contribution in [0.25, 0.3) is 0 Å². The monoisotopic (exact) mass is 408 g/mol. The van der Waals surface area contributed by atoms with Gasteiger partial charge in [0, 0.05) is 51.0 Å². The summed E-state index contributed by atoms with van der Waals surface area (Å²) in [6.45, 7) is 4.52. The highest BCUT2D eigenvalue weighted by Crippen LogP contribution is 2.38. The number of nitrogens with zero attached hydrogens (tertiary/aromatic N) is 3. The van der Waals surface area contributed by atoms with E-state index in [1.54, 1.807) is 7.05 Å². The third-order valence-corrected chi connectivity index (χ3v) is 6.87. The molecule has 2 aromatic carbocycles. The molecule has 0 unspecified atom stereocenters. The molecule has 8 heteroatoms. The van der Waals surface area contributed by atoms with Gasteiger partial charge < -0.3 is 10.2 Å². The van der Waals surface area contributed by atoms with Crippen LogP contribution in [0.15, 0.2) is 48.5 Å². The minimum absolute atomic E-state index is 0. The quantitative estimate of drug-likeness (QED) is 0.846. The van der Waals surface area contributed by atoms with Gasteiger partial charge in [-0.3, -0.25) is 4.31 Å². The molecule has 6 nitrogen and oxygen atoms in total. The SMILES string of the molecule is CN1Cc2c(N3CCNCC3)cccc2N(Cc2ccccc2)S1(=O)=O.Cl. The molecule has 0 bridgehead atoms. The second-order valence-corrected chi connectivity index (χ2v) is 8.73. The van der Waals surface area contributed by atoms with Crippen molar-refractivity contribution in [1.29, 1.82) is 0 Å². The van der Waals surface area contributed by atoms with Crippen molar-refractivity contribution in [3.05, 3.63) is 59.7 Å². The van der Waals surface area contributed by atoms with Crippen molar-refractivity contribution in [3.63, 3.8) is 0 Å². The maximum Gasteiger partial charge on any atom is 0.304 e. The largest absolute Gasteiger partial charge is 0.369 e. The summed E-state index contributed by atoms with van der Waals surface area (Å²) < 4.78 is 29.0. The number of rotatable bonds is 3. The Morgan fingerprint density at radius 1 is 0.963 bits per heavy atom. The zero-order chi connectivity index (χ0) is 18.1. The molecule has 2 heterocycles. The zero-order valence-corrected chi connectivity index (χ0v) is 17.0. The fourth-order valence-electron chi connectivity index (χ4n) is 3.67. The first-order chi connectivity index (χ1) is 12.6. The van der Waals surface area contributed by atoms with Crippen LogP contribution in [0.2, 0.25) is 0 Å². The topological polar surface area (TPSA) is 55.9 Å². The molecule has 4 rings (SSSR count). The van der Waals surface area contributed by atoms with E-state index in [9.17, 15) is 8.42 Å². The first-order valence-electron chi connectivity index (χ1n) is 8.93.